The molecule has 2 N–H and O–H groups in total. The maximum Gasteiger partial charge on any atom is 0.411 e. The van der Waals surface area contributed by atoms with Crippen LogP contribution in [0.25, 0.3) is 0 Å². The number of likely N-dealkylation sites (N-methyl/N-ethyl adjacent to an activating group) is 1. The lowest BCUT2D eigenvalue weighted by Crippen LogP contribution is -2.37. The number of carbonyl (C=O) groups is 1. The third kappa shape index (κ3) is 7.74. The predicted molar refractivity (Wildman–Crippen MR) is 143 cm³/mol. The Bertz CT molecular complexity index is 1150. The first-order valence-corrected chi connectivity index (χ1v) is 12.4. The Morgan fingerprint density at radius 2 is 1.84 bits per heavy atom. The van der Waals surface area contributed by atoms with Crippen molar-refractivity contribution in [2.45, 2.75) is 38.1 Å². The first-order chi connectivity index (χ1) is 18.0. The van der Waals surface area contributed by atoms with Gasteiger partial charge in [-0.1, -0.05) is 79.4 Å². The van der Waals surface area contributed by atoms with Crippen LogP contribution in [0.2, 0.25) is 0 Å². The number of hydrogen-bond acceptors (Lipinski definition) is 6. The van der Waals surface area contributed by atoms with Crippen molar-refractivity contribution in [3.8, 4) is 0 Å². The van der Waals surface area contributed by atoms with Crippen molar-refractivity contribution in [2.75, 3.05) is 25.5 Å². The molecule has 0 spiro atoms. The molecule has 3 atom stereocenters. The van der Waals surface area contributed by atoms with Crippen LogP contribution in [0.3, 0.4) is 0 Å². The quantitative estimate of drug-likeness (QED) is 0.352. The predicted octanol–water partition coefficient (Wildman–Crippen LogP) is 5.59. The zero-order chi connectivity index (χ0) is 26.0. The van der Waals surface area contributed by atoms with Crippen LogP contribution >= 0.6 is 0 Å². The maximum atomic E-state index is 12.0. The summed E-state index contributed by atoms with van der Waals surface area (Å²) in [6.45, 7) is 5.23. The van der Waals surface area contributed by atoms with Crippen LogP contribution in [0.4, 0.5) is 10.5 Å². The molecular formula is C30H34N2O5. The van der Waals surface area contributed by atoms with E-state index in [1.165, 1.54) is 11.6 Å². The van der Waals surface area contributed by atoms with Crippen molar-refractivity contribution >= 4 is 11.8 Å². The van der Waals surface area contributed by atoms with Crippen LogP contribution in [0.1, 0.15) is 41.1 Å². The summed E-state index contributed by atoms with van der Waals surface area (Å²) in [6, 6.07) is 25.6. The number of carbonyl (C=O) groups excluding carboxylic acids is 1. The Hall–Kier alpha value is -3.49. The SMILES string of the molecule is C=CCOC(=O)Nc1cccc(C2OC(CN(C)Cc3ccccc3)CC(c3ccc(CO)cc3)O2)c1. The zero-order valence-electron chi connectivity index (χ0n) is 21.1. The van der Waals surface area contributed by atoms with Crippen LogP contribution in [0.5, 0.6) is 0 Å². The minimum absolute atomic E-state index is 0.000524. The van der Waals surface area contributed by atoms with Crippen molar-refractivity contribution in [1.29, 1.82) is 0 Å². The molecule has 3 aromatic rings. The number of benzene rings is 3. The molecule has 7 heteroatoms. The van der Waals surface area contributed by atoms with E-state index >= 15 is 0 Å². The molecule has 0 aromatic heterocycles. The van der Waals surface area contributed by atoms with E-state index in [1.54, 1.807) is 6.07 Å². The van der Waals surface area contributed by atoms with Gasteiger partial charge >= 0.3 is 6.09 Å². The van der Waals surface area contributed by atoms with Crippen molar-refractivity contribution < 1.29 is 24.1 Å². The Balaban J connectivity index is 1.51. The number of hydrogen-bond donors (Lipinski definition) is 2. The van der Waals surface area contributed by atoms with E-state index in [9.17, 15) is 9.90 Å². The van der Waals surface area contributed by atoms with Crippen LogP contribution in [0.15, 0.2) is 91.5 Å². The third-order valence-electron chi connectivity index (χ3n) is 6.16. The molecule has 194 valence electrons. The highest BCUT2D eigenvalue weighted by molar-refractivity contribution is 5.84. The first kappa shape index (κ1) is 26.6. The van der Waals surface area contributed by atoms with Gasteiger partial charge in [0.1, 0.15) is 6.61 Å². The second-order valence-electron chi connectivity index (χ2n) is 9.17. The van der Waals surface area contributed by atoms with Gasteiger partial charge in [-0.25, -0.2) is 4.79 Å². The monoisotopic (exact) mass is 502 g/mol. The molecule has 1 aliphatic heterocycles. The Morgan fingerprint density at radius 1 is 1.05 bits per heavy atom. The summed E-state index contributed by atoms with van der Waals surface area (Å²) in [4.78, 5) is 14.3. The second-order valence-corrected chi connectivity index (χ2v) is 9.17. The molecule has 0 aliphatic carbocycles. The van der Waals surface area contributed by atoms with Gasteiger partial charge in [0.25, 0.3) is 0 Å². The fourth-order valence-electron chi connectivity index (χ4n) is 4.39. The number of nitrogens with one attached hydrogen (secondary N) is 1. The molecule has 1 saturated heterocycles. The summed E-state index contributed by atoms with van der Waals surface area (Å²) in [7, 11) is 2.09. The van der Waals surface area contributed by atoms with Crippen molar-refractivity contribution in [2.24, 2.45) is 0 Å². The minimum atomic E-state index is -0.614. The number of aliphatic hydroxyl groups is 1. The number of aliphatic hydroxyl groups excluding tert-OH is 1. The fraction of sp³-hybridized carbons (Fsp3) is 0.300. The molecular weight excluding hydrogens is 468 g/mol. The maximum absolute atomic E-state index is 12.0. The van der Waals surface area contributed by atoms with Crippen LogP contribution in [-0.2, 0) is 27.4 Å². The van der Waals surface area contributed by atoms with Crippen molar-refractivity contribution in [3.05, 3.63) is 114 Å². The van der Waals surface area contributed by atoms with E-state index in [-0.39, 0.29) is 25.4 Å². The van der Waals surface area contributed by atoms with Crippen molar-refractivity contribution in [1.82, 2.24) is 4.90 Å². The molecule has 1 heterocycles. The van der Waals surface area contributed by atoms with Gasteiger partial charge < -0.3 is 19.3 Å². The van der Waals surface area contributed by atoms with Gasteiger partial charge in [0.2, 0.25) is 0 Å². The van der Waals surface area contributed by atoms with Gasteiger partial charge in [0.05, 0.1) is 18.8 Å². The Labute approximate surface area is 218 Å². The van der Waals surface area contributed by atoms with E-state index in [2.05, 4.69) is 36.0 Å². The van der Waals surface area contributed by atoms with Crippen LogP contribution in [0, 0.1) is 0 Å². The number of ether oxygens (including phenoxy) is 3. The average Bonchev–Trinajstić information content (AvgIpc) is 2.92. The molecule has 0 saturated carbocycles. The Morgan fingerprint density at radius 3 is 2.57 bits per heavy atom. The molecule has 37 heavy (non-hydrogen) atoms. The number of amides is 1. The summed E-state index contributed by atoms with van der Waals surface area (Å²) in [6.07, 6.45) is 0.782. The summed E-state index contributed by atoms with van der Waals surface area (Å²) in [5, 5.41) is 12.2. The molecule has 3 unspecified atom stereocenters. The standard InChI is InChI=1S/C30H34N2O5/c1-3-16-35-30(34)31-26-11-7-10-25(17-26)29-36-27(20-32(2)19-22-8-5-4-6-9-22)18-28(37-29)24-14-12-23(21-33)13-15-24/h3-15,17,27-29,33H,1,16,18-21H2,2H3,(H,31,34). The molecule has 0 radical (unpaired) electrons. The molecule has 3 aromatic carbocycles. The summed E-state index contributed by atoms with van der Waals surface area (Å²) < 4.78 is 17.9. The van der Waals surface area contributed by atoms with E-state index < -0.39 is 12.4 Å². The summed E-state index contributed by atoms with van der Waals surface area (Å²) >= 11 is 0. The lowest BCUT2D eigenvalue weighted by molar-refractivity contribution is -0.252. The highest BCUT2D eigenvalue weighted by Gasteiger charge is 2.33. The van der Waals surface area contributed by atoms with Gasteiger partial charge in [-0.05, 0) is 35.9 Å². The van der Waals surface area contributed by atoms with Gasteiger partial charge in [-0.2, -0.15) is 0 Å². The molecule has 0 bridgehead atoms. The van der Waals surface area contributed by atoms with E-state index in [4.69, 9.17) is 14.2 Å². The summed E-state index contributed by atoms with van der Waals surface area (Å²) in [5.41, 5.74) is 4.52. The van der Waals surface area contributed by atoms with Crippen molar-refractivity contribution in [3.63, 3.8) is 0 Å². The smallest absolute Gasteiger partial charge is 0.411 e. The largest absolute Gasteiger partial charge is 0.445 e. The molecule has 1 amide bonds. The molecule has 4 rings (SSSR count). The minimum Gasteiger partial charge on any atom is -0.445 e. The normalized spacial score (nSPS) is 19.4. The van der Waals surface area contributed by atoms with E-state index in [0.717, 1.165) is 29.8 Å². The lowest BCUT2D eigenvalue weighted by atomic mass is 9.99. The van der Waals surface area contributed by atoms with Crippen LogP contribution < -0.4 is 5.32 Å². The van der Waals surface area contributed by atoms with Gasteiger partial charge in [0.15, 0.2) is 6.29 Å². The van der Waals surface area contributed by atoms with Gasteiger partial charge in [0, 0.05) is 30.8 Å². The molecule has 1 aliphatic rings. The van der Waals surface area contributed by atoms with E-state index in [0.29, 0.717) is 12.1 Å². The topological polar surface area (TPSA) is 80.3 Å². The highest BCUT2D eigenvalue weighted by atomic mass is 16.7. The number of nitrogens with zero attached hydrogens (tertiary/aromatic N) is 1. The highest BCUT2D eigenvalue weighted by Crippen LogP contribution is 2.38. The number of anilines is 1. The number of rotatable bonds is 10. The average molecular weight is 503 g/mol. The van der Waals surface area contributed by atoms with Crippen LogP contribution in [-0.4, -0.2) is 42.4 Å². The lowest BCUT2D eigenvalue weighted by Gasteiger charge is -2.38. The van der Waals surface area contributed by atoms with E-state index in [1.807, 2.05) is 60.7 Å². The Kier molecular flexibility index (Phi) is 9.46. The van der Waals surface area contributed by atoms with Gasteiger partial charge in [-0.3, -0.25) is 10.2 Å². The fourth-order valence-corrected chi connectivity index (χ4v) is 4.39. The molecule has 7 nitrogen and oxygen atoms in total. The summed E-state index contributed by atoms with van der Waals surface area (Å²) in [5.74, 6) is 0. The first-order valence-electron chi connectivity index (χ1n) is 12.4. The molecule has 1 fully saturated rings. The zero-order valence-corrected chi connectivity index (χ0v) is 21.1. The second kappa shape index (κ2) is 13.2. The third-order valence-corrected chi connectivity index (χ3v) is 6.16. The van der Waals surface area contributed by atoms with Gasteiger partial charge in [-0.15, -0.1) is 0 Å².